The Kier molecular flexibility index (Phi) is 9.90. The van der Waals surface area contributed by atoms with Crippen LogP contribution in [0.4, 0.5) is 5.13 Å². The lowest BCUT2D eigenvalue weighted by Gasteiger charge is -2.50. The summed E-state index contributed by atoms with van der Waals surface area (Å²) in [6, 6.07) is 4.02. The maximum absolute atomic E-state index is 13.5. The molecular weight excluding hydrogens is 684 g/mol. The lowest BCUT2D eigenvalue weighted by molar-refractivity contribution is -0.218. The number of aliphatic carboxylic acids is 1. The second-order valence-electron chi connectivity index (χ2n) is 12.8. The van der Waals surface area contributed by atoms with Crippen LogP contribution in [-0.4, -0.2) is 99.9 Å². The number of carbonyl (C=O) groups excluding carboxylic acids is 2. The number of carbonyl (C=O) groups is 3. The molecule has 0 spiro atoms. The molecule has 2 amide bonds. The number of aryl methyl sites for hydroxylation is 1. The molecule has 2 fully saturated rings. The molecule has 1 aromatic carbocycles. The van der Waals surface area contributed by atoms with Gasteiger partial charge in [0, 0.05) is 17.0 Å². The lowest BCUT2D eigenvalue weighted by atomic mass is 9.84. The Morgan fingerprint density at radius 2 is 2.06 bits per heavy atom. The highest BCUT2D eigenvalue weighted by molar-refractivity contribution is 7.80. The van der Waals surface area contributed by atoms with Crippen LogP contribution in [0, 0.1) is 5.92 Å². The Hall–Kier alpha value is -4.37. The number of carboxylic acid groups (broad SMARTS) is 1. The summed E-state index contributed by atoms with van der Waals surface area (Å²) in [5.74, 6) is -2.03. The summed E-state index contributed by atoms with van der Waals surface area (Å²) in [5, 5.41) is 21.7. The molecular formula is C29H38N8O10S2. The first kappa shape index (κ1) is 35.9. The number of anilines is 1. The third-order valence-corrected chi connectivity index (χ3v) is 9.68. The Bertz CT molecular complexity index is 1810. The van der Waals surface area contributed by atoms with Gasteiger partial charge in [0.05, 0.1) is 5.54 Å². The summed E-state index contributed by atoms with van der Waals surface area (Å²) in [7, 11) is -5.03. The first-order chi connectivity index (χ1) is 22.9. The fraction of sp³-hybridized carbons (Fsp3) is 0.517. The van der Waals surface area contributed by atoms with Crippen molar-refractivity contribution in [2.45, 2.75) is 76.3 Å². The third kappa shape index (κ3) is 7.62. The van der Waals surface area contributed by atoms with E-state index in [0.29, 0.717) is 29.0 Å². The minimum Gasteiger partial charge on any atom is -0.485 e. The number of aromatic nitrogens is 1. The number of oxime groups is 1. The number of hydrogen-bond acceptors (Lipinski definition) is 14. The topological polar surface area (TPSA) is 270 Å². The molecule has 1 aromatic heterocycles. The minimum atomic E-state index is -5.03. The van der Waals surface area contributed by atoms with E-state index in [1.54, 1.807) is 12.1 Å². The number of amides is 2. The normalized spacial score (nSPS) is 22.9. The van der Waals surface area contributed by atoms with Gasteiger partial charge in [0.15, 0.2) is 16.9 Å². The third-order valence-electron chi connectivity index (χ3n) is 8.67. The number of carboxylic acids is 1. The van der Waals surface area contributed by atoms with Crippen LogP contribution < -0.4 is 26.8 Å². The van der Waals surface area contributed by atoms with E-state index in [-0.39, 0.29) is 23.3 Å². The van der Waals surface area contributed by atoms with Crippen molar-refractivity contribution >= 4 is 56.2 Å². The number of thiazole rings is 1. The van der Waals surface area contributed by atoms with E-state index < -0.39 is 57.2 Å². The molecule has 5 rings (SSSR count). The summed E-state index contributed by atoms with van der Waals surface area (Å²) in [5.41, 5.74) is 9.46. The quantitative estimate of drug-likeness (QED) is 0.0531. The standard InChI is InChI=1S/C29H38N8O10S2/c1-14(9-15-11-32-12-15)33-23(30)17-5-7-19-16(10-17)6-8-20(45-19)29(4,26(40)41)46-36-21(18-13-48-27(31)34-18)24(38)35-22-25(39)37(28(22,2)3)47-49(42,43)44/h5,7,10,13-15,20,22,32H,6,8-9,11-12H2,1-4H3,(H2,30,33)(H2,31,34)(H,35,38)(H,40,41)(H,42,43,44)/b36-21-/t14-,20+,22+,29-/m0/s1. The monoisotopic (exact) mass is 722 g/mol. The molecule has 8 N–H and O–H groups in total. The highest BCUT2D eigenvalue weighted by Gasteiger charge is 2.58. The fourth-order valence-electron chi connectivity index (χ4n) is 5.69. The van der Waals surface area contributed by atoms with Gasteiger partial charge in [0.25, 0.3) is 17.4 Å². The predicted molar refractivity (Wildman–Crippen MR) is 176 cm³/mol. The summed E-state index contributed by atoms with van der Waals surface area (Å²) in [4.78, 5) is 53.0. The number of nitrogens with zero attached hydrogens (tertiary/aromatic N) is 4. The average Bonchev–Trinajstić information content (AvgIpc) is 3.44. The van der Waals surface area contributed by atoms with Crippen molar-refractivity contribution in [1.82, 2.24) is 20.7 Å². The summed E-state index contributed by atoms with van der Waals surface area (Å²) in [6.45, 7) is 7.97. The number of rotatable bonds is 13. The van der Waals surface area contributed by atoms with Gasteiger partial charge in [-0.1, -0.05) is 5.16 Å². The molecule has 0 aliphatic carbocycles. The van der Waals surface area contributed by atoms with Crippen LogP contribution in [0.1, 0.15) is 57.4 Å². The number of hydroxylamine groups is 2. The van der Waals surface area contributed by atoms with Gasteiger partial charge in [-0.3, -0.25) is 19.1 Å². The SMILES string of the molecule is C[C@@H](CC1CNC1)N=C(N)c1ccc2c(c1)CC[C@H]([C@](C)(O/N=C(\C(=O)N[C@@H]1C(=O)N(OS(=O)(=O)O)C1(C)C)c1csc(N)n1)C(=O)O)O2. The van der Waals surface area contributed by atoms with Crippen LogP contribution in [0.2, 0.25) is 0 Å². The largest absolute Gasteiger partial charge is 0.485 e. The van der Waals surface area contributed by atoms with E-state index in [9.17, 15) is 27.9 Å². The van der Waals surface area contributed by atoms with E-state index in [4.69, 9.17) is 25.6 Å². The molecule has 49 heavy (non-hydrogen) atoms. The van der Waals surface area contributed by atoms with Crippen molar-refractivity contribution in [3.05, 3.63) is 40.4 Å². The Morgan fingerprint density at radius 1 is 1.35 bits per heavy atom. The van der Waals surface area contributed by atoms with Crippen LogP contribution in [-0.2, 0) is 40.3 Å². The number of ether oxygens (including phenoxy) is 1. The molecule has 0 radical (unpaired) electrons. The lowest BCUT2D eigenvalue weighted by Crippen LogP contribution is -2.76. The van der Waals surface area contributed by atoms with Crippen LogP contribution >= 0.6 is 11.3 Å². The molecule has 18 nitrogen and oxygen atoms in total. The number of β-lactam (4-membered cyclic amide) rings is 1. The van der Waals surface area contributed by atoms with Gasteiger partial charge in [-0.25, -0.2) is 9.78 Å². The molecule has 0 unspecified atom stereocenters. The Morgan fingerprint density at radius 3 is 2.63 bits per heavy atom. The number of benzene rings is 1. The predicted octanol–water partition coefficient (Wildman–Crippen LogP) is 0.226. The molecule has 266 valence electrons. The van der Waals surface area contributed by atoms with Crippen molar-refractivity contribution in [3.8, 4) is 5.75 Å². The van der Waals surface area contributed by atoms with Crippen molar-refractivity contribution < 1.29 is 46.3 Å². The smallest absolute Gasteiger partial charge is 0.418 e. The van der Waals surface area contributed by atoms with Crippen molar-refractivity contribution in [2.24, 2.45) is 21.8 Å². The van der Waals surface area contributed by atoms with E-state index in [0.717, 1.165) is 42.0 Å². The van der Waals surface area contributed by atoms with E-state index >= 15 is 0 Å². The second kappa shape index (κ2) is 13.5. The minimum absolute atomic E-state index is 0.0555. The summed E-state index contributed by atoms with van der Waals surface area (Å²) >= 11 is 0.968. The fourth-order valence-corrected chi connectivity index (χ4v) is 6.70. The number of amidine groups is 1. The maximum atomic E-state index is 13.5. The molecule has 3 aliphatic heterocycles. The molecule has 3 aliphatic rings. The van der Waals surface area contributed by atoms with Crippen molar-refractivity contribution in [3.63, 3.8) is 0 Å². The molecule has 4 heterocycles. The Balaban J connectivity index is 1.33. The zero-order valence-corrected chi connectivity index (χ0v) is 28.7. The number of aliphatic imine (C=N–C) groups is 1. The summed E-state index contributed by atoms with van der Waals surface area (Å²) in [6.07, 6.45) is 0.492. The van der Waals surface area contributed by atoms with Gasteiger partial charge in [-0.05, 0) is 89.7 Å². The number of nitrogens with one attached hydrogen (secondary N) is 2. The van der Waals surface area contributed by atoms with Gasteiger partial charge < -0.3 is 36.8 Å². The highest BCUT2D eigenvalue weighted by atomic mass is 32.3. The van der Waals surface area contributed by atoms with Crippen LogP contribution in [0.25, 0.3) is 0 Å². The van der Waals surface area contributed by atoms with Crippen LogP contribution in [0.15, 0.2) is 33.7 Å². The highest BCUT2D eigenvalue weighted by Crippen LogP contribution is 2.35. The number of fused-ring (bicyclic) bond motifs is 1. The zero-order valence-electron chi connectivity index (χ0n) is 27.1. The molecule has 0 bridgehead atoms. The number of nitrogen functional groups attached to an aromatic ring is 1. The molecule has 4 atom stereocenters. The van der Waals surface area contributed by atoms with Crippen LogP contribution in [0.5, 0.6) is 5.75 Å². The van der Waals surface area contributed by atoms with Crippen LogP contribution in [0.3, 0.4) is 0 Å². The number of nitrogens with two attached hydrogens (primary N) is 2. The molecule has 2 saturated heterocycles. The van der Waals surface area contributed by atoms with Gasteiger partial charge in [-0.15, -0.1) is 15.6 Å². The van der Waals surface area contributed by atoms with E-state index in [2.05, 4.69) is 30.0 Å². The van der Waals surface area contributed by atoms with E-state index in [1.807, 2.05) is 13.0 Å². The van der Waals surface area contributed by atoms with Gasteiger partial charge >= 0.3 is 16.4 Å². The van der Waals surface area contributed by atoms with Gasteiger partial charge in [-0.2, -0.15) is 13.5 Å². The van der Waals surface area contributed by atoms with E-state index in [1.165, 1.54) is 26.2 Å². The second-order valence-corrected chi connectivity index (χ2v) is 14.7. The molecule has 0 saturated carbocycles. The number of hydrogen-bond donors (Lipinski definition) is 6. The Labute approximate surface area is 285 Å². The van der Waals surface area contributed by atoms with Gasteiger partial charge in [0.1, 0.15) is 23.3 Å². The van der Waals surface area contributed by atoms with Crippen molar-refractivity contribution in [2.75, 3.05) is 18.8 Å². The first-order valence-electron chi connectivity index (χ1n) is 15.3. The summed E-state index contributed by atoms with van der Waals surface area (Å²) < 4.78 is 41.8. The van der Waals surface area contributed by atoms with Gasteiger partial charge in [0.2, 0.25) is 0 Å². The van der Waals surface area contributed by atoms with Crippen molar-refractivity contribution in [1.29, 1.82) is 0 Å². The first-order valence-corrected chi connectivity index (χ1v) is 17.5. The molecule has 20 heteroatoms. The molecule has 2 aromatic rings. The average molecular weight is 723 g/mol. The maximum Gasteiger partial charge on any atom is 0.418 e. The zero-order chi connectivity index (χ0) is 35.9.